The third kappa shape index (κ3) is 4.40. The summed E-state index contributed by atoms with van der Waals surface area (Å²) in [5.41, 5.74) is 4.19. The average molecular weight is 423 g/mol. The quantitative estimate of drug-likeness (QED) is 0.429. The van der Waals surface area contributed by atoms with E-state index in [4.69, 9.17) is 20.3 Å². The van der Waals surface area contributed by atoms with Gasteiger partial charge in [-0.2, -0.15) is 13.2 Å². The molecule has 11 heteroatoms. The van der Waals surface area contributed by atoms with E-state index in [0.29, 0.717) is 12.3 Å². The third-order valence-electron chi connectivity index (χ3n) is 4.24. The Morgan fingerprint density at radius 2 is 1.93 bits per heavy atom. The lowest BCUT2D eigenvalue weighted by Gasteiger charge is -2.12. The Labute approximate surface area is 169 Å². The number of fused-ring (bicyclic) bond motifs is 1. The Balaban J connectivity index is 2.01. The standard InChI is InChI=1S/C19H20F3N5O3/c1-26(2)9-10-4-5-16(29-10)30-11-6-13(19(20,21)22)12-8-15(25-14(12)7-11)17(28)27(3)18(23)24/h4-8,25H,9H2,1-3H3,(H3,23,24). The summed E-state index contributed by atoms with van der Waals surface area (Å²) in [6, 6.07) is 6.44. The molecule has 0 aliphatic heterocycles. The minimum atomic E-state index is -4.69. The number of aromatic amines is 1. The fourth-order valence-corrected chi connectivity index (χ4v) is 2.84. The second-order valence-electron chi connectivity index (χ2n) is 6.92. The van der Waals surface area contributed by atoms with E-state index in [1.54, 1.807) is 6.07 Å². The minimum Gasteiger partial charge on any atom is -0.429 e. The molecule has 3 aromatic rings. The molecular weight excluding hydrogens is 403 g/mol. The number of alkyl halides is 3. The van der Waals surface area contributed by atoms with Crippen LogP contribution >= 0.6 is 0 Å². The van der Waals surface area contributed by atoms with E-state index in [1.165, 1.54) is 19.2 Å². The zero-order chi connectivity index (χ0) is 22.2. The number of rotatable bonds is 5. The van der Waals surface area contributed by atoms with Crippen molar-refractivity contribution in [2.75, 3.05) is 21.1 Å². The smallest absolute Gasteiger partial charge is 0.417 e. The first-order chi connectivity index (χ1) is 14.0. The highest BCUT2D eigenvalue weighted by atomic mass is 19.4. The van der Waals surface area contributed by atoms with Crippen LogP contribution in [0.5, 0.6) is 11.7 Å². The monoisotopic (exact) mass is 423 g/mol. The number of carbonyl (C=O) groups excluding carboxylic acids is 1. The Hall–Kier alpha value is -3.47. The van der Waals surface area contributed by atoms with Gasteiger partial charge >= 0.3 is 6.18 Å². The number of guanidine groups is 1. The Bertz CT molecular complexity index is 1100. The van der Waals surface area contributed by atoms with Crippen LogP contribution < -0.4 is 10.5 Å². The maximum Gasteiger partial charge on any atom is 0.417 e. The molecule has 0 aliphatic carbocycles. The molecule has 0 fully saturated rings. The minimum absolute atomic E-state index is 0.0403. The summed E-state index contributed by atoms with van der Waals surface area (Å²) in [5, 5.41) is 7.11. The van der Waals surface area contributed by atoms with Gasteiger partial charge in [0.05, 0.1) is 17.6 Å². The van der Waals surface area contributed by atoms with Gasteiger partial charge in [0.15, 0.2) is 5.96 Å². The van der Waals surface area contributed by atoms with Crippen LogP contribution in [0.15, 0.2) is 34.7 Å². The number of halogens is 3. The number of aromatic nitrogens is 1. The summed E-state index contributed by atoms with van der Waals surface area (Å²) in [7, 11) is 4.94. The summed E-state index contributed by atoms with van der Waals surface area (Å²) < 4.78 is 51.9. The maximum atomic E-state index is 13.6. The number of benzene rings is 1. The summed E-state index contributed by atoms with van der Waals surface area (Å²) in [5.74, 6) is -0.759. The summed E-state index contributed by atoms with van der Waals surface area (Å²) in [6.45, 7) is 0.502. The zero-order valence-corrected chi connectivity index (χ0v) is 16.4. The molecule has 0 bridgehead atoms. The first kappa shape index (κ1) is 21.2. The molecule has 1 aromatic carbocycles. The highest BCUT2D eigenvalue weighted by molar-refractivity contribution is 6.06. The number of hydrogen-bond donors (Lipinski definition) is 3. The fourth-order valence-electron chi connectivity index (χ4n) is 2.84. The molecule has 3 rings (SSSR count). The van der Waals surface area contributed by atoms with Gasteiger partial charge in [-0.05, 0) is 32.3 Å². The van der Waals surface area contributed by atoms with Crippen molar-refractivity contribution in [1.82, 2.24) is 14.8 Å². The first-order valence-electron chi connectivity index (χ1n) is 8.73. The molecule has 4 N–H and O–H groups in total. The predicted octanol–water partition coefficient (Wildman–Crippen LogP) is 3.60. The molecule has 1 amide bonds. The number of nitrogens with two attached hydrogens (primary N) is 1. The topological polar surface area (TPSA) is 112 Å². The van der Waals surface area contributed by atoms with Crippen LogP contribution in [0.4, 0.5) is 13.2 Å². The van der Waals surface area contributed by atoms with Crippen LogP contribution in [0.2, 0.25) is 0 Å². The second-order valence-corrected chi connectivity index (χ2v) is 6.92. The number of carbonyl (C=O) groups is 1. The average Bonchev–Trinajstić information content (AvgIpc) is 3.24. The van der Waals surface area contributed by atoms with Gasteiger partial charge in [0.25, 0.3) is 11.9 Å². The molecule has 0 unspecified atom stereocenters. The molecule has 8 nitrogen and oxygen atoms in total. The Morgan fingerprint density at radius 1 is 1.23 bits per heavy atom. The lowest BCUT2D eigenvalue weighted by molar-refractivity contribution is -0.136. The fraction of sp³-hybridized carbons (Fsp3) is 0.263. The van der Waals surface area contributed by atoms with Crippen LogP contribution in [-0.2, 0) is 12.7 Å². The van der Waals surface area contributed by atoms with Crippen molar-refractivity contribution >= 4 is 22.8 Å². The Morgan fingerprint density at radius 3 is 2.53 bits per heavy atom. The van der Waals surface area contributed by atoms with Crippen molar-refractivity contribution in [2.24, 2.45) is 5.73 Å². The highest BCUT2D eigenvalue weighted by Crippen LogP contribution is 2.39. The zero-order valence-electron chi connectivity index (χ0n) is 16.4. The van der Waals surface area contributed by atoms with Crippen molar-refractivity contribution in [3.05, 3.63) is 47.3 Å². The molecule has 2 heterocycles. The van der Waals surface area contributed by atoms with Crippen molar-refractivity contribution < 1.29 is 27.1 Å². The van der Waals surface area contributed by atoms with Gasteiger partial charge in [-0.15, -0.1) is 0 Å². The first-order valence-corrected chi connectivity index (χ1v) is 8.73. The van der Waals surface area contributed by atoms with Gasteiger partial charge in [0.1, 0.15) is 17.2 Å². The molecule has 0 radical (unpaired) electrons. The van der Waals surface area contributed by atoms with E-state index in [2.05, 4.69) is 4.98 Å². The third-order valence-corrected chi connectivity index (χ3v) is 4.24. The molecule has 0 spiro atoms. The van der Waals surface area contributed by atoms with Gasteiger partial charge in [-0.1, -0.05) is 0 Å². The number of furan rings is 1. The van der Waals surface area contributed by atoms with Gasteiger partial charge in [-0.3, -0.25) is 15.1 Å². The van der Waals surface area contributed by atoms with Crippen LogP contribution in [0.3, 0.4) is 0 Å². The van der Waals surface area contributed by atoms with Crippen molar-refractivity contribution in [1.29, 1.82) is 5.41 Å². The van der Waals surface area contributed by atoms with Gasteiger partial charge in [-0.25, -0.2) is 0 Å². The van der Waals surface area contributed by atoms with E-state index in [0.717, 1.165) is 17.0 Å². The number of nitrogens with one attached hydrogen (secondary N) is 2. The summed E-state index contributed by atoms with van der Waals surface area (Å²) in [4.78, 5) is 17.6. The number of H-pyrrole nitrogens is 1. The lowest BCUT2D eigenvalue weighted by atomic mass is 10.1. The van der Waals surface area contributed by atoms with Crippen LogP contribution in [-0.4, -0.2) is 47.8 Å². The summed E-state index contributed by atoms with van der Waals surface area (Å²) in [6.07, 6.45) is -4.69. The SMILES string of the molecule is CN(C)Cc1ccc(Oc2cc(C(F)(F)F)c3cc(C(=O)N(C)C(=N)N)[nH]c3c2)o1. The number of ether oxygens (including phenoxy) is 1. The van der Waals surface area contributed by atoms with E-state index >= 15 is 0 Å². The van der Waals surface area contributed by atoms with Gasteiger partial charge in [0, 0.05) is 24.6 Å². The van der Waals surface area contributed by atoms with Gasteiger partial charge in [0.2, 0.25) is 0 Å². The molecule has 0 saturated carbocycles. The predicted molar refractivity (Wildman–Crippen MR) is 103 cm³/mol. The van der Waals surface area contributed by atoms with Crippen molar-refractivity contribution in [2.45, 2.75) is 12.7 Å². The molecule has 2 aromatic heterocycles. The normalized spacial score (nSPS) is 11.8. The lowest BCUT2D eigenvalue weighted by Crippen LogP contribution is -2.38. The molecule has 0 atom stereocenters. The largest absolute Gasteiger partial charge is 0.429 e. The second kappa shape index (κ2) is 7.75. The van der Waals surface area contributed by atoms with E-state index in [1.807, 2.05) is 19.0 Å². The molecule has 0 saturated heterocycles. The number of hydrogen-bond acceptors (Lipinski definition) is 5. The molecule has 30 heavy (non-hydrogen) atoms. The Kier molecular flexibility index (Phi) is 5.49. The summed E-state index contributed by atoms with van der Waals surface area (Å²) >= 11 is 0. The molecular formula is C19H20F3N5O3. The van der Waals surface area contributed by atoms with E-state index < -0.39 is 23.6 Å². The van der Waals surface area contributed by atoms with Crippen LogP contribution in [0.1, 0.15) is 21.8 Å². The maximum absolute atomic E-state index is 13.6. The highest BCUT2D eigenvalue weighted by Gasteiger charge is 2.34. The van der Waals surface area contributed by atoms with Crippen LogP contribution in [0, 0.1) is 5.41 Å². The molecule has 160 valence electrons. The van der Waals surface area contributed by atoms with Crippen molar-refractivity contribution in [3.63, 3.8) is 0 Å². The van der Waals surface area contributed by atoms with E-state index in [-0.39, 0.29) is 28.3 Å². The number of nitrogens with zero attached hydrogens (tertiary/aromatic N) is 2. The van der Waals surface area contributed by atoms with Crippen LogP contribution in [0.25, 0.3) is 10.9 Å². The van der Waals surface area contributed by atoms with Gasteiger partial charge < -0.3 is 24.8 Å². The number of amides is 1. The van der Waals surface area contributed by atoms with Crippen molar-refractivity contribution in [3.8, 4) is 11.7 Å². The molecule has 0 aliphatic rings. The van der Waals surface area contributed by atoms with E-state index in [9.17, 15) is 18.0 Å².